The monoisotopic (exact) mass is 404 g/mol. The molecule has 3 heterocycles. The van der Waals surface area contributed by atoms with Gasteiger partial charge in [-0.25, -0.2) is 18.6 Å². The Morgan fingerprint density at radius 1 is 0.966 bits per heavy atom. The van der Waals surface area contributed by atoms with E-state index in [-0.39, 0.29) is 11.7 Å². The fraction of sp³-hybridized carbons (Fsp3) is 0.421. The zero-order valence-corrected chi connectivity index (χ0v) is 15.9. The second-order valence-electron chi connectivity index (χ2n) is 6.85. The van der Waals surface area contributed by atoms with Crippen LogP contribution in [-0.2, 0) is 4.74 Å². The summed E-state index contributed by atoms with van der Waals surface area (Å²) < 4.78 is 31.7. The summed E-state index contributed by atoms with van der Waals surface area (Å²) in [5.41, 5.74) is 0.224. The molecule has 8 nitrogen and oxygen atoms in total. The van der Waals surface area contributed by atoms with Gasteiger partial charge in [0.25, 0.3) is 0 Å². The Morgan fingerprint density at radius 3 is 2.45 bits per heavy atom. The van der Waals surface area contributed by atoms with Crippen molar-refractivity contribution in [1.29, 1.82) is 0 Å². The van der Waals surface area contributed by atoms with Crippen LogP contribution >= 0.6 is 0 Å². The van der Waals surface area contributed by atoms with E-state index < -0.39 is 11.6 Å². The van der Waals surface area contributed by atoms with E-state index in [0.29, 0.717) is 45.3 Å². The molecule has 2 amide bonds. The van der Waals surface area contributed by atoms with Crippen molar-refractivity contribution in [3.63, 3.8) is 0 Å². The predicted molar refractivity (Wildman–Crippen MR) is 104 cm³/mol. The Morgan fingerprint density at radius 2 is 1.72 bits per heavy atom. The molecule has 1 aromatic heterocycles. The number of benzene rings is 1. The molecule has 1 aromatic carbocycles. The quantitative estimate of drug-likeness (QED) is 0.843. The van der Waals surface area contributed by atoms with E-state index in [4.69, 9.17) is 4.74 Å². The summed E-state index contributed by atoms with van der Waals surface area (Å²) in [6.45, 7) is 5.08. The molecule has 29 heavy (non-hydrogen) atoms. The number of carbonyl (C=O) groups excluding carboxylic acids is 1. The van der Waals surface area contributed by atoms with Crippen LogP contribution in [0.1, 0.15) is 0 Å². The number of carbonyl (C=O) groups is 1. The first kappa shape index (κ1) is 19.3. The van der Waals surface area contributed by atoms with Gasteiger partial charge in [-0.05, 0) is 18.2 Å². The average molecular weight is 404 g/mol. The number of rotatable bonds is 3. The van der Waals surface area contributed by atoms with Gasteiger partial charge in [-0.15, -0.1) is 0 Å². The van der Waals surface area contributed by atoms with E-state index in [9.17, 15) is 13.6 Å². The molecule has 0 spiro atoms. The van der Waals surface area contributed by atoms with E-state index in [2.05, 4.69) is 25.1 Å². The highest BCUT2D eigenvalue weighted by atomic mass is 19.2. The van der Waals surface area contributed by atoms with Gasteiger partial charge in [0.1, 0.15) is 5.82 Å². The van der Waals surface area contributed by atoms with Gasteiger partial charge in [0.15, 0.2) is 11.6 Å². The molecule has 0 atom stereocenters. The lowest BCUT2D eigenvalue weighted by Crippen LogP contribution is -2.50. The summed E-state index contributed by atoms with van der Waals surface area (Å²) >= 11 is 0. The van der Waals surface area contributed by atoms with Crippen molar-refractivity contribution < 1.29 is 18.3 Å². The molecule has 2 aromatic rings. The van der Waals surface area contributed by atoms with Crippen molar-refractivity contribution in [3.8, 4) is 0 Å². The summed E-state index contributed by atoms with van der Waals surface area (Å²) in [6.07, 6.45) is 1.75. The molecule has 0 radical (unpaired) electrons. The summed E-state index contributed by atoms with van der Waals surface area (Å²) in [5, 5.41) is 2.60. The fourth-order valence-electron chi connectivity index (χ4n) is 3.35. The number of nitrogens with one attached hydrogen (secondary N) is 1. The molecule has 4 rings (SSSR count). The average Bonchev–Trinajstić information content (AvgIpc) is 2.77. The number of anilines is 3. The molecule has 0 aliphatic carbocycles. The van der Waals surface area contributed by atoms with Crippen molar-refractivity contribution in [2.45, 2.75) is 0 Å². The van der Waals surface area contributed by atoms with Crippen LogP contribution in [0.15, 0.2) is 30.5 Å². The van der Waals surface area contributed by atoms with Crippen molar-refractivity contribution in [1.82, 2.24) is 14.9 Å². The summed E-state index contributed by atoms with van der Waals surface area (Å²) in [7, 11) is 0. The van der Waals surface area contributed by atoms with Crippen molar-refractivity contribution in [3.05, 3.63) is 42.1 Å². The van der Waals surface area contributed by atoms with E-state index in [1.807, 2.05) is 6.07 Å². The third kappa shape index (κ3) is 4.53. The number of aromatic nitrogens is 2. The SMILES string of the molecule is O=C(Nc1ccc(F)c(F)c1)N1CCN(c2ccnc(N3CCOCC3)n2)CC1. The van der Waals surface area contributed by atoms with Gasteiger partial charge < -0.3 is 24.8 Å². The number of ether oxygens (including phenoxy) is 1. The van der Waals surface area contributed by atoms with E-state index >= 15 is 0 Å². The summed E-state index contributed by atoms with van der Waals surface area (Å²) in [5.74, 6) is -0.433. The Bertz CT molecular complexity index is 870. The van der Waals surface area contributed by atoms with Crippen LogP contribution in [0, 0.1) is 11.6 Å². The molecule has 0 saturated carbocycles. The highest BCUT2D eigenvalue weighted by Gasteiger charge is 2.23. The van der Waals surface area contributed by atoms with Gasteiger partial charge in [-0.3, -0.25) is 0 Å². The van der Waals surface area contributed by atoms with Crippen LogP contribution in [0.25, 0.3) is 0 Å². The van der Waals surface area contributed by atoms with Gasteiger partial charge in [0, 0.05) is 57.2 Å². The van der Waals surface area contributed by atoms with Gasteiger partial charge in [0.05, 0.1) is 13.2 Å². The Balaban J connectivity index is 1.34. The lowest BCUT2D eigenvalue weighted by Gasteiger charge is -2.35. The standard InChI is InChI=1S/C19H22F2N6O2/c20-15-2-1-14(13-16(15)21)23-19(28)27-7-5-25(6-8-27)17-3-4-22-18(24-17)26-9-11-29-12-10-26/h1-4,13H,5-12H2,(H,23,28). The molecule has 154 valence electrons. The third-order valence-electron chi connectivity index (χ3n) is 4.98. The van der Waals surface area contributed by atoms with Gasteiger partial charge in [0.2, 0.25) is 5.95 Å². The van der Waals surface area contributed by atoms with E-state index in [1.165, 1.54) is 6.07 Å². The lowest BCUT2D eigenvalue weighted by atomic mass is 10.3. The Hall–Kier alpha value is -3.01. The highest BCUT2D eigenvalue weighted by molar-refractivity contribution is 5.89. The van der Waals surface area contributed by atoms with Gasteiger partial charge in [-0.1, -0.05) is 0 Å². The molecule has 0 bridgehead atoms. The topological polar surface area (TPSA) is 73.8 Å². The van der Waals surface area contributed by atoms with Crippen LogP contribution in [0.2, 0.25) is 0 Å². The molecule has 2 saturated heterocycles. The molecular formula is C19H22F2N6O2. The van der Waals surface area contributed by atoms with Crippen molar-refractivity contribution in [2.24, 2.45) is 0 Å². The number of hydrogen-bond donors (Lipinski definition) is 1. The third-order valence-corrected chi connectivity index (χ3v) is 4.98. The number of amides is 2. The number of hydrogen-bond acceptors (Lipinski definition) is 6. The maximum absolute atomic E-state index is 13.3. The van der Waals surface area contributed by atoms with Crippen LogP contribution in [-0.4, -0.2) is 73.4 Å². The maximum atomic E-state index is 13.3. The summed E-state index contributed by atoms with van der Waals surface area (Å²) in [6, 6.07) is 4.82. The zero-order chi connectivity index (χ0) is 20.2. The first-order chi connectivity index (χ1) is 14.1. The minimum atomic E-state index is -0.993. The normalized spacial score (nSPS) is 17.4. The number of halogens is 2. The number of morpholine rings is 1. The molecule has 1 N–H and O–H groups in total. The zero-order valence-electron chi connectivity index (χ0n) is 15.9. The molecule has 2 fully saturated rings. The first-order valence-corrected chi connectivity index (χ1v) is 9.52. The Labute approximate surface area is 167 Å². The second-order valence-corrected chi connectivity index (χ2v) is 6.85. The van der Waals surface area contributed by atoms with Crippen molar-refractivity contribution >= 4 is 23.5 Å². The predicted octanol–water partition coefficient (Wildman–Crippen LogP) is 1.95. The van der Waals surface area contributed by atoms with Crippen molar-refractivity contribution in [2.75, 3.05) is 67.6 Å². The largest absolute Gasteiger partial charge is 0.378 e. The first-order valence-electron chi connectivity index (χ1n) is 9.52. The van der Waals surface area contributed by atoms with Gasteiger partial charge >= 0.3 is 6.03 Å². The highest BCUT2D eigenvalue weighted by Crippen LogP contribution is 2.19. The van der Waals surface area contributed by atoms with Crippen LogP contribution in [0.3, 0.4) is 0 Å². The van der Waals surface area contributed by atoms with E-state index in [1.54, 1.807) is 11.1 Å². The number of urea groups is 1. The number of nitrogens with zero attached hydrogens (tertiary/aromatic N) is 5. The fourth-order valence-corrected chi connectivity index (χ4v) is 3.35. The molecule has 0 unspecified atom stereocenters. The minimum absolute atomic E-state index is 0.224. The molecular weight excluding hydrogens is 382 g/mol. The maximum Gasteiger partial charge on any atom is 0.321 e. The Kier molecular flexibility index (Phi) is 5.70. The minimum Gasteiger partial charge on any atom is -0.378 e. The van der Waals surface area contributed by atoms with Gasteiger partial charge in [-0.2, -0.15) is 4.98 Å². The molecule has 2 aliphatic rings. The smallest absolute Gasteiger partial charge is 0.321 e. The second kappa shape index (κ2) is 8.56. The van der Waals surface area contributed by atoms with Crippen LogP contribution < -0.4 is 15.1 Å². The number of piperazine rings is 1. The lowest BCUT2D eigenvalue weighted by molar-refractivity contribution is 0.122. The van der Waals surface area contributed by atoms with Crippen LogP contribution in [0.4, 0.5) is 31.0 Å². The summed E-state index contributed by atoms with van der Waals surface area (Å²) in [4.78, 5) is 27.3. The molecule has 10 heteroatoms. The van der Waals surface area contributed by atoms with Crippen LogP contribution in [0.5, 0.6) is 0 Å². The molecule has 2 aliphatic heterocycles. The van der Waals surface area contributed by atoms with E-state index in [0.717, 1.165) is 31.0 Å².